The fourth-order valence-electron chi connectivity index (χ4n) is 7.33. The zero-order valence-electron chi connectivity index (χ0n) is 27.7. The van der Waals surface area contributed by atoms with Gasteiger partial charge in [0.15, 0.2) is 0 Å². The maximum Gasteiger partial charge on any atom is 4.00 e. The molecule has 39 heavy (non-hydrogen) atoms. The molecule has 0 bridgehead atoms. The van der Waals surface area contributed by atoms with E-state index in [1.807, 2.05) is 0 Å². The Morgan fingerprint density at radius 1 is 0.692 bits per heavy atom. The third kappa shape index (κ3) is 10.8. The average molecular weight is 572 g/mol. The molecule has 0 fully saturated rings. The monoisotopic (exact) mass is 571 g/mol. The summed E-state index contributed by atoms with van der Waals surface area (Å²) in [6.45, 7) is 23.3. The van der Waals surface area contributed by atoms with Crippen LogP contribution in [0.2, 0.25) is 0 Å². The van der Waals surface area contributed by atoms with Crippen LogP contribution in [-0.4, -0.2) is 23.0 Å². The summed E-state index contributed by atoms with van der Waals surface area (Å²) in [6, 6.07) is 9.84. The number of rotatable bonds is 19. The van der Waals surface area contributed by atoms with Crippen molar-refractivity contribution in [3.63, 3.8) is 0 Å². The quantitative estimate of drug-likeness (QED) is 0.118. The van der Waals surface area contributed by atoms with Gasteiger partial charge in [-0.1, -0.05) is 141 Å². The molecule has 2 unspecified atom stereocenters. The molecule has 1 aliphatic rings. The largest absolute Gasteiger partial charge is 4.00 e. The summed E-state index contributed by atoms with van der Waals surface area (Å²) in [6.07, 6.45) is 20.7. The third-order valence-corrected chi connectivity index (χ3v) is 9.62. The molecule has 0 saturated heterocycles. The Labute approximate surface area is 260 Å². The molecular weight excluding hydrogens is 506 g/mol. The van der Waals surface area contributed by atoms with Crippen LogP contribution in [0, 0.1) is 5.41 Å². The second kappa shape index (κ2) is 18.2. The number of unbranched alkanes of at least 4 members (excludes halogenated alkanes) is 12. The number of nitrogens with zero attached hydrogens (tertiary/aromatic N) is 1. The molecule has 0 N–H and O–H groups in total. The Kier molecular flexibility index (Phi) is 17.1. The van der Waals surface area contributed by atoms with Gasteiger partial charge in [0.25, 0.3) is 0 Å². The maximum absolute atomic E-state index is 2.94. The summed E-state index contributed by atoms with van der Waals surface area (Å²) < 4.78 is 0. The molecule has 0 radical (unpaired) electrons. The molecule has 1 aromatic carbocycles. The van der Waals surface area contributed by atoms with Gasteiger partial charge in [-0.3, -0.25) is 4.90 Å². The van der Waals surface area contributed by atoms with Crippen LogP contribution in [0.4, 0.5) is 0 Å². The van der Waals surface area contributed by atoms with E-state index in [0.29, 0.717) is 12.0 Å². The molecule has 2 heteroatoms. The number of fused-ring (bicyclic) bond motifs is 1. The molecule has 2 rings (SSSR count). The normalized spacial score (nSPS) is 16.5. The summed E-state index contributed by atoms with van der Waals surface area (Å²) >= 11 is 0. The van der Waals surface area contributed by atoms with Crippen LogP contribution in [0.3, 0.4) is 0 Å². The minimum absolute atomic E-state index is 0. The van der Waals surface area contributed by atoms with Crippen molar-refractivity contribution in [1.29, 1.82) is 0 Å². The molecule has 218 valence electrons. The first-order chi connectivity index (χ1) is 18.1. The molecular formula is C37H65NTi+4. The first kappa shape index (κ1) is 36.7. The summed E-state index contributed by atoms with van der Waals surface area (Å²) in [4.78, 5) is 2.94. The van der Waals surface area contributed by atoms with E-state index in [-0.39, 0.29) is 32.7 Å². The van der Waals surface area contributed by atoms with E-state index in [1.54, 1.807) is 11.1 Å². The van der Waals surface area contributed by atoms with Crippen molar-refractivity contribution in [1.82, 2.24) is 4.90 Å². The zero-order chi connectivity index (χ0) is 28.2. The predicted molar refractivity (Wildman–Crippen MR) is 172 cm³/mol. The van der Waals surface area contributed by atoms with E-state index in [9.17, 15) is 0 Å². The molecule has 0 amide bonds. The molecule has 2 atom stereocenters. The van der Waals surface area contributed by atoms with Crippen LogP contribution in [0.5, 0.6) is 0 Å². The van der Waals surface area contributed by atoms with Gasteiger partial charge in [0.2, 0.25) is 0 Å². The molecule has 0 heterocycles. The standard InChI is InChI=1S/C37H65N.Ti/c1-10-12-14-16-18-19-21-25-29-38(36(5,6)7)34(28-22-20-17-15-13-11-2)37(8,9)35-31(4)30(3)32-26-23-24-27-33(32)35;/h23-24,26-27,34-35H,10-22,25,28-29H2,1-9H3;/q;+4. The number of benzene rings is 1. The van der Waals surface area contributed by atoms with Gasteiger partial charge < -0.3 is 0 Å². The number of hydrogen-bond acceptors (Lipinski definition) is 1. The van der Waals surface area contributed by atoms with E-state index in [1.165, 1.54) is 114 Å². The van der Waals surface area contributed by atoms with Crippen molar-refractivity contribution in [2.24, 2.45) is 5.41 Å². The van der Waals surface area contributed by atoms with Crippen molar-refractivity contribution in [3.8, 4) is 0 Å². The van der Waals surface area contributed by atoms with Gasteiger partial charge in [0, 0.05) is 17.5 Å². The van der Waals surface area contributed by atoms with Gasteiger partial charge in [-0.15, -0.1) is 0 Å². The van der Waals surface area contributed by atoms with Crippen LogP contribution < -0.4 is 0 Å². The summed E-state index contributed by atoms with van der Waals surface area (Å²) in [5, 5.41) is 0. The van der Waals surface area contributed by atoms with Gasteiger partial charge in [-0.05, 0) is 76.1 Å². The smallest absolute Gasteiger partial charge is 0.295 e. The minimum Gasteiger partial charge on any atom is -0.295 e. The third-order valence-electron chi connectivity index (χ3n) is 9.62. The predicted octanol–water partition coefficient (Wildman–Crippen LogP) is 12.0. The molecule has 0 aliphatic heterocycles. The van der Waals surface area contributed by atoms with Crippen LogP contribution in [-0.2, 0) is 21.7 Å². The Morgan fingerprint density at radius 3 is 1.72 bits per heavy atom. The second-order valence-corrected chi connectivity index (χ2v) is 14.1. The van der Waals surface area contributed by atoms with E-state index >= 15 is 0 Å². The van der Waals surface area contributed by atoms with Crippen LogP contribution in [0.25, 0.3) is 5.57 Å². The summed E-state index contributed by atoms with van der Waals surface area (Å²) in [7, 11) is 0. The van der Waals surface area contributed by atoms with Crippen LogP contribution in [0.15, 0.2) is 29.8 Å². The Morgan fingerprint density at radius 2 is 1.18 bits per heavy atom. The first-order valence-electron chi connectivity index (χ1n) is 16.6. The van der Waals surface area contributed by atoms with E-state index in [0.717, 1.165) is 0 Å². The number of hydrogen-bond donors (Lipinski definition) is 0. The van der Waals surface area contributed by atoms with Crippen LogP contribution >= 0.6 is 0 Å². The first-order valence-corrected chi connectivity index (χ1v) is 16.6. The average Bonchev–Trinajstić information content (AvgIpc) is 3.13. The van der Waals surface area contributed by atoms with Gasteiger partial charge >= 0.3 is 21.7 Å². The minimum atomic E-state index is 0. The maximum atomic E-state index is 2.94. The van der Waals surface area contributed by atoms with Crippen molar-refractivity contribution >= 4 is 5.57 Å². The Bertz CT molecular complexity index is 830. The fraction of sp³-hybridized carbons (Fsp3) is 0.784. The fourth-order valence-corrected chi connectivity index (χ4v) is 7.33. The van der Waals surface area contributed by atoms with Crippen molar-refractivity contribution in [2.75, 3.05) is 6.54 Å². The van der Waals surface area contributed by atoms with Crippen molar-refractivity contribution in [2.45, 2.75) is 176 Å². The Hall–Kier alpha value is -0.366. The Balaban J connectivity index is 0.00000760. The SMILES string of the molecule is CCCCCCCCCCN(C(CCCCCCCC)C(C)(C)C1C(C)=C(C)c2ccccc21)C(C)(C)C.[Ti+4]. The number of allylic oxidation sites excluding steroid dienone is 2. The molecule has 1 aromatic rings. The van der Waals surface area contributed by atoms with Crippen molar-refractivity contribution < 1.29 is 21.7 Å². The summed E-state index contributed by atoms with van der Waals surface area (Å²) in [5.41, 5.74) is 6.53. The topological polar surface area (TPSA) is 3.24 Å². The van der Waals surface area contributed by atoms with Crippen molar-refractivity contribution in [3.05, 3.63) is 41.0 Å². The van der Waals surface area contributed by atoms with Gasteiger partial charge in [0.1, 0.15) is 0 Å². The van der Waals surface area contributed by atoms with E-state index < -0.39 is 0 Å². The molecule has 0 spiro atoms. The van der Waals surface area contributed by atoms with E-state index in [2.05, 4.69) is 91.5 Å². The van der Waals surface area contributed by atoms with Gasteiger partial charge in [0.05, 0.1) is 0 Å². The molecule has 0 saturated carbocycles. The summed E-state index contributed by atoms with van der Waals surface area (Å²) in [5.74, 6) is 0.507. The molecule has 1 aliphatic carbocycles. The van der Waals surface area contributed by atoms with Gasteiger partial charge in [-0.25, -0.2) is 0 Å². The zero-order valence-corrected chi connectivity index (χ0v) is 29.3. The van der Waals surface area contributed by atoms with Gasteiger partial charge in [-0.2, -0.15) is 0 Å². The molecule has 0 aromatic heterocycles. The van der Waals surface area contributed by atoms with E-state index in [4.69, 9.17) is 0 Å². The second-order valence-electron chi connectivity index (χ2n) is 14.1. The van der Waals surface area contributed by atoms with Crippen LogP contribution in [0.1, 0.15) is 176 Å². The molecule has 1 nitrogen and oxygen atoms in total.